The van der Waals surface area contributed by atoms with Crippen LogP contribution in [-0.2, 0) is 4.74 Å². The van der Waals surface area contributed by atoms with Gasteiger partial charge >= 0.3 is 0 Å². The lowest BCUT2D eigenvalue weighted by Gasteiger charge is -2.11. The average molecular weight is 229 g/mol. The highest BCUT2D eigenvalue weighted by molar-refractivity contribution is 5.56. The van der Waals surface area contributed by atoms with Gasteiger partial charge in [0, 0.05) is 12.6 Å². The fraction of sp³-hybridized carbons (Fsp3) is 0.455. The Bertz CT molecular complexity index is 320. The Morgan fingerprint density at radius 2 is 2.19 bits per heavy atom. The molecule has 16 heavy (non-hydrogen) atoms. The van der Waals surface area contributed by atoms with Crippen LogP contribution in [0.1, 0.15) is 0 Å². The van der Waals surface area contributed by atoms with Gasteiger partial charge in [0.25, 0.3) is 0 Å². The fourth-order valence-electron chi connectivity index (χ4n) is 1.24. The molecule has 0 radical (unpaired) electrons. The maximum atomic E-state index is 12.9. The molecular formula is C11H16FNO3. The maximum absolute atomic E-state index is 12.9. The molecule has 0 aliphatic rings. The first-order valence-electron chi connectivity index (χ1n) is 5.04. The van der Waals surface area contributed by atoms with E-state index in [-0.39, 0.29) is 12.4 Å². The smallest absolute Gasteiger partial charge is 0.144 e. The van der Waals surface area contributed by atoms with Gasteiger partial charge < -0.3 is 19.9 Å². The van der Waals surface area contributed by atoms with Crippen molar-refractivity contribution in [2.24, 2.45) is 0 Å². The lowest BCUT2D eigenvalue weighted by Crippen LogP contribution is -2.11. The molecule has 5 heteroatoms. The van der Waals surface area contributed by atoms with Crippen LogP contribution in [-0.4, -0.2) is 38.6 Å². The third-order valence-corrected chi connectivity index (χ3v) is 1.96. The molecule has 1 aromatic rings. The van der Waals surface area contributed by atoms with Crippen molar-refractivity contribution < 1.29 is 19.0 Å². The molecule has 0 heterocycles. The summed E-state index contributed by atoms with van der Waals surface area (Å²) < 4.78 is 23.0. The molecule has 0 amide bonds. The number of hydrogen-bond donors (Lipinski definition) is 2. The summed E-state index contributed by atoms with van der Waals surface area (Å²) in [5, 5.41) is 11.5. The summed E-state index contributed by atoms with van der Waals surface area (Å²) in [5.41, 5.74) is 0.719. The molecule has 2 N–H and O–H groups in total. The van der Waals surface area contributed by atoms with Crippen molar-refractivity contribution in [3.63, 3.8) is 0 Å². The van der Waals surface area contributed by atoms with Crippen LogP contribution in [0.4, 0.5) is 10.1 Å². The number of benzene rings is 1. The molecule has 0 saturated heterocycles. The molecule has 0 bridgehead atoms. The Morgan fingerprint density at radius 3 is 2.88 bits per heavy atom. The van der Waals surface area contributed by atoms with Gasteiger partial charge in [0.15, 0.2) is 0 Å². The quantitative estimate of drug-likeness (QED) is 0.691. The SMILES string of the molecule is COc1cc(F)ccc1NCCOCCO. The van der Waals surface area contributed by atoms with E-state index in [1.54, 1.807) is 6.07 Å². The standard InChI is InChI=1S/C11H16FNO3/c1-15-11-8-9(12)2-3-10(11)13-4-6-16-7-5-14/h2-3,8,13-14H,4-7H2,1H3. The van der Waals surface area contributed by atoms with Gasteiger partial charge in [0.2, 0.25) is 0 Å². The van der Waals surface area contributed by atoms with Crippen LogP contribution >= 0.6 is 0 Å². The summed E-state index contributed by atoms with van der Waals surface area (Å²) in [5.74, 6) is 0.126. The largest absolute Gasteiger partial charge is 0.494 e. The summed E-state index contributed by atoms with van der Waals surface area (Å²) in [4.78, 5) is 0. The highest BCUT2D eigenvalue weighted by Gasteiger charge is 2.03. The highest BCUT2D eigenvalue weighted by atomic mass is 19.1. The summed E-state index contributed by atoms with van der Waals surface area (Å²) in [6, 6.07) is 4.29. The zero-order chi connectivity index (χ0) is 11.8. The Kier molecular flexibility index (Phi) is 5.60. The second kappa shape index (κ2) is 7.03. The van der Waals surface area contributed by atoms with Gasteiger partial charge in [-0.05, 0) is 12.1 Å². The zero-order valence-corrected chi connectivity index (χ0v) is 9.20. The van der Waals surface area contributed by atoms with Crippen LogP contribution in [0.3, 0.4) is 0 Å². The molecular weight excluding hydrogens is 213 g/mol. The second-order valence-corrected chi connectivity index (χ2v) is 3.11. The molecule has 4 nitrogen and oxygen atoms in total. The fourth-order valence-corrected chi connectivity index (χ4v) is 1.24. The van der Waals surface area contributed by atoms with Crippen LogP contribution in [0.5, 0.6) is 5.75 Å². The van der Waals surface area contributed by atoms with Crippen LogP contribution in [0.15, 0.2) is 18.2 Å². The predicted molar refractivity (Wildman–Crippen MR) is 59.3 cm³/mol. The molecule has 90 valence electrons. The van der Waals surface area contributed by atoms with Gasteiger partial charge in [0.05, 0.1) is 32.6 Å². The Morgan fingerprint density at radius 1 is 1.38 bits per heavy atom. The van der Waals surface area contributed by atoms with Crippen molar-refractivity contribution in [2.45, 2.75) is 0 Å². The number of rotatable bonds is 7. The van der Waals surface area contributed by atoms with E-state index >= 15 is 0 Å². The van der Waals surface area contributed by atoms with Crippen LogP contribution in [0.25, 0.3) is 0 Å². The van der Waals surface area contributed by atoms with Crippen LogP contribution in [0.2, 0.25) is 0 Å². The third-order valence-electron chi connectivity index (χ3n) is 1.96. The average Bonchev–Trinajstić information content (AvgIpc) is 2.30. The summed E-state index contributed by atoms with van der Waals surface area (Å²) >= 11 is 0. The second-order valence-electron chi connectivity index (χ2n) is 3.11. The molecule has 0 spiro atoms. The Hall–Kier alpha value is -1.33. The number of hydrogen-bond acceptors (Lipinski definition) is 4. The van der Waals surface area contributed by atoms with E-state index in [0.29, 0.717) is 25.5 Å². The van der Waals surface area contributed by atoms with E-state index in [0.717, 1.165) is 5.69 Å². The summed E-state index contributed by atoms with van der Waals surface area (Å²) in [7, 11) is 1.49. The zero-order valence-electron chi connectivity index (χ0n) is 9.20. The molecule has 0 aliphatic carbocycles. The van der Waals surface area contributed by atoms with E-state index < -0.39 is 0 Å². The van der Waals surface area contributed by atoms with Gasteiger partial charge in [-0.3, -0.25) is 0 Å². The Balaban J connectivity index is 2.41. The predicted octanol–water partition coefficient (Wildman–Crippen LogP) is 1.26. The van der Waals surface area contributed by atoms with Gasteiger partial charge in [-0.15, -0.1) is 0 Å². The van der Waals surface area contributed by atoms with Crippen LogP contribution in [0, 0.1) is 5.82 Å². The molecule has 0 aliphatic heterocycles. The molecule has 0 fully saturated rings. The van der Waals surface area contributed by atoms with Gasteiger partial charge in [-0.1, -0.05) is 0 Å². The number of aliphatic hydroxyl groups is 1. The Labute approximate surface area is 94.0 Å². The number of methoxy groups -OCH3 is 1. The van der Waals surface area contributed by atoms with E-state index in [2.05, 4.69) is 5.32 Å². The molecule has 0 atom stereocenters. The van der Waals surface area contributed by atoms with E-state index in [4.69, 9.17) is 14.6 Å². The molecule has 0 aromatic heterocycles. The summed E-state index contributed by atoms with van der Waals surface area (Å²) in [6.07, 6.45) is 0. The number of ether oxygens (including phenoxy) is 2. The van der Waals surface area contributed by atoms with Crippen molar-refractivity contribution >= 4 is 5.69 Å². The minimum atomic E-state index is -0.334. The minimum Gasteiger partial charge on any atom is -0.494 e. The van der Waals surface area contributed by atoms with Crippen molar-refractivity contribution in [3.8, 4) is 5.75 Å². The van der Waals surface area contributed by atoms with Gasteiger partial charge in [-0.2, -0.15) is 0 Å². The first-order valence-corrected chi connectivity index (χ1v) is 5.04. The maximum Gasteiger partial charge on any atom is 0.144 e. The van der Waals surface area contributed by atoms with E-state index in [1.807, 2.05) is 0 Å². The highest BCUT2D eigenvalue weighted by Crippen LogP contribution is 2.24. The van der Waals surface area contributed by atoms with Crippen molar-refractivity contribution in [1.82, 2.24) is 0 Å². The number of nitrogens with one attached hydrogen (secondary N) is 1. The van der Waals surface area contributed by atoms with Crippen molar-refractivity contribution in [1.29, 1.82) is 0 Å². The van der Waals surface area contributed by atoms with Gasteiger partial charge in [0.1, 0.15) is 11.6 Å². The van der Waals surface area contributed by atoms with E-state index in [1.165, 1.54) is 19.2 Å². The molecule has 1 aromatic carbocycles. The molecule has 0 saturated carbocycles. The van der Waals surface area contributed by atoms with Crippen LogP contribution < -0.4 is 10.1 Å². The number of halogens is 1. The third kappa shape index (κ3) is 4.04. The number of aliphatic hydroxyl groups excluding tert-OH is 1. The lowest BCUT2D eigenvalue weighted by molar-refractivity contribution is 0.0992. The topological polar surface area (TPSA) is 50.7 Å². The lowest BCUT2D eigenvalue weighted by atomic mass is 10.3. The number of anilines is 1. The normalized spacial score (nSPS) is 10.2. The van der Waals surface area contributed by atoms with Crippen molar-refractivity contribution in [2.75, 3.05) is 38.8 Å². The first-order chi connectivity index (χ1) is 7.77. The first kappa shape index (κ1) is 12.7. The molecule has 0 unspecified atom stereocenters. The van der Waals surface area contributed by atoms with Gasteiger partial charge in [-0.25, -0.2) is 4.39 Å². The summed E-state index contributed by atoms with van der Waals surface area (Å²) in [6.45, 7) is 1.38. The molecule has 1 rings (SSSR count). The van der Waals surface area contributed by atoms with E-state index in [9.17, 15) is 4.39 Å². The van der Waals surface area contributed by atoms with Crippen molar-refractivity contribution in [3.05, 3.63) is 24.0 Å². The minimum absolute atomic E-state index is 0.0138. The monoisotopic (exact) mass is 229 g/mol.